The zero-order chi connectivity index (χ0) is 10.8. The standard InChI is InChI=1S/C9H8Cl2N4/c10-7-1-6(2-8(11)3-7)4-15-5-13-9(12)14-15/h1-3,5H,4H2,(H2,12,14). The number of aromatic nitrogens is 3. The molecule has 6 heteroatoms. The summed E-state index contributed by atoms with van der Waals surface area (Å²) in [5.74, 6) is 0.253. The molecule has 1 heterocycles. The van der Waals surface area contributed by atoms with Crippen LogP contribution in [-0.4, -0.2) is 14.8 Å². The molecule has 2 rings (SSSR count). The van der Waals surface area contributed by atoms with Gasteiger partial charge in [-0.25, -0.2) is 9.67 Å². The third kappa shape index (κ3) is 2.61. The first-order valence-corrected chi connectivity index (χ1v) is 4.99. The van der Waals surface area contributed by atoms with Gasteiger partial charge in [-0.15, -0.1) is 5.10 Å². The van der Waals surface area contributed by atoms with E-state index in [1.807, 2.05) is 12.1 Å². The summed E-state index contributed by atoms with van der Waals surface area (Å²) in [6, 6.07) is 5.33. The minimum absolute atomic E-state index is 0.253. The molecule has 1 aromatic carbocycles. The Bertz CT molecular complexity index is 460. The SMILES string of the molecule is Nc1ncn(Cc2cc(Cl)cc(Cl)c2)n1. The first kappa shape index (κ1) is 10.3. The Labute approximate surface area is 96.6 Å². The molecule has 0 spiro atoms. The molecule has 0 aliphatic rings. The Morgan fingerprint density at radius 3 is 2.40 bits per heavy atom. The van der Waals surface area contributed by atoms with Crippen molar-refractivity contribution in [3.05, 3.63) is 40.1 Å². The van der Waals surface area contributed by atoms with Crippen LogP contribution in [0.4, 0.5) is 5.95 Å². The number of benzene rings is 1. The van der Waals surface area contributed by atoms with E-state index in [-0.39, 0.29) is 5.95 Å². The van der Waals surface area contributed by atoms with Crippen LogP contribution in [0.25, 0.3) is 0 Å². The van der Waals surface area contributed by atoms with Crippen LogP contribution in [0.15, 0.2) is 24.5 Å². The van der Waals surface area contributed by atoms with Crippen molar-refractivity contribution in [1.82, 2.24) is 14.8 Å². The van der Waals surface area contributed by atoms with E-state index in [1.54, 1.807) is 17.1 Å². The minimum atomic E-state index is 0.253. The fraction of sp³-hybridized carbons (Fsp3) is 0.111. The summed E-state index contributed by atoms with van der Waals surface area (Å²) in [6.07, 6.45) is 1.56. The second-order valence-electron chi connectivity index (χ2n) is 3.08. The van der Waals surface area contributed by atoms with Crippen molar-refractivity contribution in [2.45, 2.75) is 6.54 Å². The summed E-state index contributed by atoms with van der Waals surface area (Å²) >= 11 is 11.7. The van der Waals surface area contributed by atoms with Crippen molar-refractivity contribution < 1.29 is 0 Å². The van der Waals surface area contributed by atoms with E-state index in [9.17, 15) is 0 Å². The summed E-state index contributed by atoms with van der Waals surface area (Å²) in [7, 11) is 0. The molecule has 0 radical (unpaired) electrons. The van der Waals surface area contributed by atoms with E-state index < -0.39 is 0 Å². The van der Waals surface area contributed by atoms with E-state index in [0.717, 1.165) is 5.56 Å². The number of nitrogens with zero attached hydrogens (tertiary/aromatic N) is 3. The molecular formula is C9H8Cl2N4. The van der Waals surface area contributed by atoms with Gasteiger partial charge in [0.2, 0.25) is 5.95 Å². The molecule has 2 N–H and O–H groups in total. The average molecular weight is 243 g/mol. The van der Waals surface area contributed by atoms with E-state index in [2.05, 4.69) is 10.1 Å². The fourth-order valence-corrected chi connectivity index (χ4v) is 1.85. The lowest BCUT2D eigenvalue weighted by atomic mass is 10.2. The first-order valence-electron chi connectivity index (χ1n) is 4.23. The van der Waals surface area contributed by atoms with Crippen LogP contribution in [0.2, 0.25) is 10.0 Å². The van der Waals surface area contributed by atoms with Crippen LogP contribution >= 0.6 is 23.2 Å². The zero-order valence-corrected chi connectivity index (χ0v) is 9.20. The van der Waals surface area contributed by atoms with Gasteiger partial charge in [-0.1, -0.05) is 23.2 Å². The highest BCUT2D eigenvalue weighted by atomic mass is 35.5. The van der Waals surface area contributed by atoms with Gasteiger partial charge in [0.1, 0.15) is 6.33 Å². The second kappa shape index (κ2) is 4.08. The summed E-state index contributed by atoms with van der Waals surface area (Å²) in [5.41, 5.74) is 6.35. The first-order chi connectivity index (χ1) is 7.13. The van der Waals surface area contributed by atoms with Gasteiger partial charge in [0.15, 0.2) is 0 Å². The highest BCUT2D eigenvalue weighted by Crippen LogP contribution is 2.19. The van der Waals surface area contributed by atoms with E-state index in [1.165, 1.54) is 0 Å². The number of halogens is 2. The average Bonchev–Trinajstić information content (AvgIpc) is 2.49. The molecule has 1 aromatic heterocycles. The Morgan fingerprint density at radius 2 is 1.87 bits per heavy atom. The largest absolute Gasteiger partial charge is 0.367 e. The Kier molecular flexibility index (Phi) is 2.79. The molecule has 0 bridgehead atoms. The van der Waals surface area contributed by atoms with Gasteiger partial charge in [0.25, 0.3) is 0 Å². The molecule has 0 saturated heterocycles. The van der Waals surface area contributed by atoms with Gasteiger partial charge in [0.05, 0.1) is 6.54 Å². The van der Waals surface area contributed by atoms with E-state index in [4.69, 9.17) is 28.9 Å². The van der Waals surface area contributed by atoms with Crippen LogP contribution in [0, 0.1) is 0 Å². The van der Waals surface area contributed by atoms with E-state index in [0.29, 0.717) is 16.6 Å². The molecule has 0 saturated carbocycles. The second-order valence-corrected chi connectivity index (χ2v) is 3.95. The summed E-state index contributed by atoms with van der Waals surface area (Å²) in [5, 5.41) is 5.17. The Hall–Kier alpha value is -1.26. The van der Waals surface area contributed by atoms with Crippen molar-refractivity contribution in [2.75, 3.05) is 5.73 Å². The highest BCUT2D eigenvalue weighted by molar-refractivity contribution is 6.34. The Morgan fingerprint density at radius 1 is 1.20 bits per heavy atom. The predicted molar refractivity (Wildman–Crippen MR) is 60.0 cm³/mol. The monoisotopic (exact) mass is 242 g/mol. The van der Waals surface area contributed by atoms with Crippen LogP contribution < -0.4 is 5.73 Å². The van der Waals surface area contributed by atoms with Crippen molar-refractivity contribution in [3.8, 4) is 0 Å². The van der Waals surface area contributed by atoms with Crippen molar-refractivity contribution in [3.63, 3.8) is 0 Å². The predicted octanol–water partition coefficient (Wildman–Crippen LogP) is 2.22. The lowest BCUT2D eigenvalue weighted by Gasteiger charge is -2.02. The number of anilines is 1. The molecule has 2 aromatic rings. The van der Waals surface area contributed by atoms with Gasteiger partial charge < -0.3 is 5.73 Å². The smallest absolute Gasteiger partial charge is 0.239 e. The normalized spacial score (nSPS) is 10.5. The summed E-state index contributed by atoms with van der Waals surface area (Å²) in [4.78, 5) is 3.82. The third-order valence-electron chi connectivity index (χ3n) is 1.82. The van der Waals surface area contributed by atoms with Crippen molar-refractivity contribution >= 4 is 29.2 Å². The quantitative estimate of drug-likeness (QED) is 0.879. The van der Waals surface area contributed by atoms with Crippen molar-refractivity contribution in [2.24, 2.45) is 0 Å². The maximum absolute atomic E-state index is 5.87. The molecule has 0 amide bonds. The number of hydrogen-bond acceptors (Lipinski definition) is 3. The molecule has 15 heavy (non-hydrogen) atoms. The number of nitrogen functional groups attached to an aromatic ring is 1. The van der Waals surface area contributed by atoms with Gasteiger partial charge in [-0.2, -0.15) is 0 Å². The van der Waals surface area contributed by atoms with Gasteiger partial charge in [-0.05, 0) is 23.8 Å². The summed E-state index contributed by atoms with van der Waals surface area (Å²) in [6.45, 7) is 0.546. The van der Waals surface area contributed by atoms with Crippen molar-refractivity contribution in [1.29, 1.82) is 0 Å². The Balaban J connectivity index is 2.24. The topological polar surface area (TPSA) is 56.7 Å². The molecule has 4 nitrogen and oxygen atoms in total. The van der Waals surface area contributed by atoms with Crippen LogP contribution in [0.5, 0.6) is 0 Å². The third-order valence-corrected chi connectivity index (χ3v) is 2.26. The molecule has 0 unspecified atom stereocenters. The number of hydrogen-bond donors (Lipinski definition) is 1. The maximum Gasteiger partial charge on any atom is 0.239 e. The van der Waals surface area contributed by atoms with Crippen LogP contribution in [0.1, 0.15) is 5.56 Å². The maximum atomic E-state index is 5.87. The van der Waals surface area contributed by atoms with Gasteiger partial charge in [-0.3, -0.25) is 0 Å². The van der Waals surface area contributed by atoms with Crippen LogP contribution in [0.3, 0.4) is 0 Å². The van der Waals surface area contributed by atoms with Crippen LogP contribution in [-0.2, 0) is 6.54 Å². The minimum Gasteiger partial charge on any atom is -0.367 e. The molecule has 0 fully saturated rings. The molecule has 78 valence electrons. The highest BCUT2D eigenvalue weighted by Gasteiger charge is 2.01. The van der Waals surface area contributed by atoms with Gasteiger partial charge in [0, 0.05) is 10.0 Å². The number of nitrogens with two attached hydrogens (primary N) is 1. The molecular weight excluding hydrogens is 235 g/mol. The molecule has 0 atom stereocenters. The van der Waals surface area contributed by atoms with E-state index >= 15 is 0 Å². The number of rotatable bonds is 2. The molecule has 0 aliphatic heterocycles. The lowest BCUT2D eigenvalue weighted by Crippen LogP contribution is -2.01. The van der Waals surface area contributed by atoms with Gasteiger partial charge >= 0.3 is 0 Å². The summed E-state index contributed by atoms with van der Waals surface area (Å²) < 4.78 is 1.62. The zero-order valence-electron chi connectivity index (χ0n) is 7.69. The lowest BCUT2D eigenvalue weighted by molar-refractivity contribution is 0.687. The fourth-order valence-electron chi connectivity index (χ4n) is 1.27. The molecule has 0 aliphatic carbocycles.